The molecule has 1 aliphatic carbocycles. The van der Waals surface area contributed by atoms with Gasteiger partial charge in [0.1, 0.15) is 18.3 Å². The highest BCUT2D eigenvalue weighted by Gasteiger charge is 2.36. The van der Waals surface area contributed by atoms with Gasteiger partial charge in [-0.1, -0.05) is 102 Å². The highest BCUT2D eigenvalue weighted by molar-refractivity contribution is 9.10. The molecule has 1 atom stereocenters. The minimum Gasteiger partial charge on any atom is -0.495 e. The second-order valence-corrected chi connectivity index (χ2v) is 14.1. The van der Waals surface area contributed by atoms with Crippen molar-refractivity contribution in [2.45, 2.75) is 55.6 Å². The van der Waals surface area contributed by atoms with E-state index in [-0.39, 0.29) is 35.5 Å². The van der Waals surface area contributed by atoms with Gasteiger partial charge in [0, 0.05) is 23.5 Å². The Labute approximate surface area is 279 Å². The third-order valence-electron chi connectivity index (χ3n) is 8.20. The Morgan fingerprint density at radius 2 is 1.46 bits per heavy atom. The SMILES string of the molecule is COc1ccccc1N(CC(=O)N(Cc1ccc(Br)cc1)C(Cc1ccccc1)C(=O)NC1CCCC1)S(=O)(=O)c1ccccc1. The molecule has 0 aliphatic heterocycles. The fourth-order valence-corrected chi connectivity index (χ4v) is 7.49. The lowest BCUT2D eigenvalue weighted by atomic mass is 10.0. The first-order valence-electron chi connectivity index (χ1n) is 15.4. The fraction of sp³-hybridized carbons (Fsp3) is 0.278. The maximum Gasteiger partial charge on any atom is 0.264 e. The second kappa shape index (κ2) is 15.4. The summed E-state index contributed by atoms with van der Waals surface area (Å²) in [6, 6.07) is 30.9. The van der Waals surface area contributed by atoms with Crippen molar-refractivity contribution in [2.24, 2.45) is 0 Å². The van der Waals surface area contributed by atoms with Gasteiger partial charge in [-0.2, -0.15) is 0 Å². The summed E-state index contributed by atoms with van der Waals surface area (Å²) in [5, 5.41) is 3.20. The van der Waals surface area contributed by atoms with E-state index >= 15 is 0 Å². The van der Waals surface area contributed by atoms with Crippen molar-refractivity contribution < 1.29 is 22.7 Å². The molecule has 10 heteroatoms. The molecule has 0 heterocycles. The molecule has 0 spiro atoms. The molecule has 240 valence electrons. The Morgan fingerprint density at radius 1 is 0.848 bits per heavy atom. The molecule has 5 rings (SSSR count). The highest BCUT2D eigenvalue weighted by atomic mass is 79.9. The molecule has 2 amide bonds. The van der Waals surface area contributed by atoms with E-state index in [0.29, 0.717) is 5.75 Å². The number of nitrogens with one attached hydrogen (secondary N) is 1. The van der Waals surface area contributed by atoms with E-state index in [4.69, 9.17) is 4.74 Å². The van der Waals surface area contributed by atoms with E-state index in [2.05, 4.69) is 21.2 Å². The normalized spacial score (nSPS) is 14.0. The van der Waals surface area contributed by atoms with E-state index < -0.39 is 28.5 Å². The number of hydrogen-bond acceptors (Lipinski definition) is 5. The van der Waals surface area contributed by atoms with Gasteiger partial charge in [-0.3, -0.25) is 13.9 Å². The number of ether oxygens (including phenoxy) is 1. The molecule has 4 aromatic carbocycles. The average Bonchev–Trinajstić information content (AvgIpc) is 3.59. The number of carbonyl (C=O) groups excluding carboxylic acids is 2. The smallest absolute Gasteiger partial charge is 0.264 e. The summed E-state index contributed by atoms with van der Waals surface area (Å²) in [6.45, 7) is -0.441. The molecule has 46 heavy (non-hydrogen) atoms. The van der Waals surface area contributed by atoms with Gasteiger partial charge in [-0.15, -0.1) is 0 Å². The molecular formula is C36H38BrN3O5S. The van der Waals surface area contributed by atoms with Gasteiger partial charge in [0.05, 0.1) is 17.7 Å². The van der Waals surface area contributed by atoms with Crippen LogP contribution in [0.2, 0.25) is 0 Å². The van der Waals surface area contributed by atoms with Crippen LogP contribution in [0, 0.1) is 0 Å². The predicted octanol–water partition coefficient (Wildman–Crippen LogP) is 6.35. The maximum absolute atomic E-state index is 14.6. The number of carbonyl (C=O) groups is 2. The number of para-hydroxylation sites is 2. The molecule has 0 aromatic heterocycles. The van der Waals surface area contributed by atoms with Gasteiger partial charge in [0.25, 0.3) is 10.0 Å². The number of hydrogen-bond donors (Lipinski definition) is 1. The van der Waals surface area contributed by atoms with E-state index in [9.17, 15) is 18.0 Å². The minimum absolute atomic E-state index is 0.0352. The van der Waals surface area contributed by atoms with Gasteiger partial charge >= 0.3 is 0 Å². The van der Waals surface area contributed by atoms with Crippen LogP contribution in [0.5, 0.6) is 5.75 Å². The maximum atomic E-state index is 14.6. The number of benzene rings is 4. The highest BCUT2D eigenvalue weighted by Crippen LogP contribution is 2.33. The van der Waals surface area contributed by atoms with E-state index in [1.807, 2.05) is 54.6 Å². The van der Waals surface area contributed by atoms with Crippen LogP contribution >= 0.6 is 15.9 Å². The predicted molar refractivity (Wildman–Crippen MR) is 183 cm³/mol. The molecular weight excluding hydrogens is 666 g/mol. The van der Waals surface area contributed by atoms with Crippen molar-refractivity contribution >= 4 is 43.5 Å². The number of anilines is 1. The summed E-state index contributed by atoms with van der Waals surface area (Å²) in [7, 11) is -2.76. The number of rotatable bonds is 13. The third-order valence-corrected chi connectivity index (χ3v) is 10.5. The fourth-order valence-electron chi connectivity index (χ4n) is 5.78. The molecule has 1 aliphatic rings. The molecule has 1 N–H and O–H groups in total. The summed E-state index contributed by atoms with van der Waals surface area (Å²) >= 11 is 3.47. The van der Waals surface area contributed by atoms with Gasteiger partial charge in [0.2, 0.25) is 11.8 Å². The molecule has 4 aromatic rings. The van der Waals surface area contributed by atoms with Crippen molar-refractivity contribution in [3.63, 3.8) is 0 Å². The molecule has 0 saturated heterocycles. The second-order valence-electron chi connectivity index (χ2n) is 11.3. The van der Waals surface area contributed by atoms with Gasteiger partial charge < -0.3 is 15.0 Å². The Morgan fingerprint density at radius 3 is 2.11 bits per heavy atom. The van der Waals surface area contributed by atoms with Crippen molar-refractivity contribution in [3.05, 3.63) is 125 Å². The number of sulfonamides is 1. The summed E-state index contributed by atoms with van der Waals surface area (Å²) < 4.78 is 35.9. The lowest BCUT2D eigenvalue weighted by molar-refractivity contribution is -0.140. The Bertz CT molecular complexity index is 1710. The van der Waals surface area contributed by atoms with Gasteiger partial charge in [0.15, 0.2) is 0 Å². The van der Waals surface area contributed by atoms with Crippen LogP contribution < -0.4 is 14.4 Å². The lowest BCUT2D eigenvalue weighted by Crippen LogP contribution is -2.54. The lowest BCUT2D eigenvalue weighted by Gasteiger charge is -2.34. The van der Waals surface area contributed by atoms with Gasteiger partial charge in [-0.05, 0) is 60.4 Å². The zero-order valence-corrected chi connectivity index (χ0v) is 28.1. The molecule has 8 nitrogen and oxygen atoms in total. The summed E-state index contributed by atoms with van der Waals surface area (Å²) in [5.74, 6) is -0.471. The molecule has 0 bridgehead atoms. The quantitative estimate of drug-likeness (QED) is 0.175. The van der Waals surface area contributed by atoms with Gasteiger partial charge in [-0.25, -0.2) is 8.42 Å². The zero-order valence-electron chi connectivity index (χ0n) is 25.7. The number of amides is 2. The zero-order chi connectivity index (χ0) is 32.5. The Hall–Kier alpha value is -4.15. The molecule has 1 fully saturated rings. The first-order chi connectivity index (χ1) is 22.3. The van der Waals surface area contributed by atoms with Crippen molar-refractivity contribution in [2.75, 3.05) is 18.0 Å². The van der Waals surface area contributed by atoms with Crippen LogP contribution in [0.15, 0.2) is 119 Å². The molecule has 1 unspecified atom stereocenters. The van der Waals surface area contributed by atoms with Crippen molar-refractivity contribution in [1.82, 2.24) is 10.2 Å². The van der Waals surface area contributed by atoms with E-state index in [1.54, 1.807) is 42.5 Å². The van der Waals surface area contributed by atoms with Crippen LogP contribution in [0.25, 0.3) is 0 Å². The number of halogens is 1. The average molecular weight is 705 g/mol. The molecule has 0 radical (unpaired) electrons. The first kappa shape index (κ1) is 33.2. The van der Waals surface area contributed by atoms with E-state index in [1.165, 1.54) is 24.1 Å². The van der Waals surface area contributed by atoms with Crippen LogP contribution in [0.1, 0.15) is 36.8 Å². The van der Waals surface area contributed by atoms with Crippen LogP contribution in [-0.4, -0.2) is 50.9 Å². The summed E-state index contributed by atoms with van der Waals surface area (Å²) in [6.07, 6.45) is 4.13. The molecule has 1 saturated carbocycles. The van der Waals surface area contributed by atoms with Crippen LogP contribution in [0.3, 0.4) is 0 Å². The minimum atomic E-state index is -4.22. The topological polar surface area (TPSA) is 96.0 Å². The third kappa shape index (κ3) is 8.16. The Balaban J connectivity index is 1.58. The largest absolute Gasteiger partial charge is 0.495 e. The monoisotopic (exact) mass is 703 g/mol. The van der Waals surface area contributed by atoms with E-state index in [0.717, 1.165) is 45.6 Å². The number of methoxy groups -OCH3 is 1. The first-order valence-corrected chi connectivity index (χ1v) is 17.6. The number of nitrogens with zero attached hydrogens (tertiary/aromatic N) is 2. The van der Waals surface area contributed by atoms with Crippen molar-refractivity contribution in [3.8, 4) is 5.75 Å². The standard InChI is InChI=1S/C36H38BrN3O5S/c1-45-34-19-11-10-18-32(34)40(46(43,44)31-16-6-3-7-17-31)26-35(41)39(25-28-20-22-29(37)23-21-28)33(24-27-12-4-2-5-13-27)36(42)38-30-14-8-9-15-30/h2-7,10-13,16-23,30,33H,8-9,14-15,24-26H2,1H3,(H,38,42). The van der Waals surface area contributed by atoms with Crippen LogP contribution in [0.4, 0.5) is 5.69 Å². The van der Waals surface area contributed by atoms with Crippen molar-refractivity contribution in [1.29, 1.82) is 0 Å². The summed E-state index contributed by atoms with van der Waals surface area (Å²) in [4.78, 5) is 30.3. The van der Waals surface area contributed by atoms with Crippen LogP contribution in [-0.2, 0) is 32.6 Å². The summed E-state index contributed by atoms with van der Waals surface area (Å²) in [5.41, 5.74) is 1.92. The Kier molecular flexibility index (Phi) is 11.1.